The van der Waals surface area contributed by atoms with Gasteiger partial charge in [0.15, 0.2) is 0 Å². The topological polar surface area (TPSA) is 99.8 Å². The highest BCUT2D eigenvalue weighted by Gasteiger charge is 2.05. The molecule has 2 aromatic rings. The van der Waals surface area contributed by atoms with Gasteiger partial charge in [0, 0.05) is 18.3 Å². The number of hydrogen-bond acceptors (Lipinski definition) is 5. The molecule has 20 heavy (non-hydrogen) atoms. The van der Waals surface area contributed by atoms with Gasteiger partial charge in [0.05, 0.1) is 11.9 Å². The van der Waals surface area contributed by atoms with Gasteiger partial charge in [-0.25, -0.2) is 0 Å². The molecule has 3 N–H and O–H groups in total. The maximum atomic E-state index is 11.7. The van der Waals surface area contributed by atoms with Crippen molar-refractivity contribution in [3.8, 4) is 0 Å². The molecule has 0 atom stereocenters. The van der Waals surface area contributed by atoms with Crippen LogP contribution in [0, 0.1) is 0 Å². The van der Waals surface area contributed by atoms with Crippen LogP contribution in [-0.4, -0.2) is 33.0 Å². The Morgan fingerprint density at radius 1 is 1.20 bits per heavy atom. The molecule has 1 aromatic carbocycles. The number of benzene rings is 1. The van der Waals surface area contributed by atoms with E-state index in [0.717, 1.165) is 0 Å². The molecule has 0 saturated carbocycles. The van der Waals surface area contributed by atoms with Crippen molar-refractivity contribution in [2.45, 2.75) is 11.9 Å². The van der Waals surface area contributed by atoms with Crippen LogP contribution in [0.1, 0.15) is 6.92 Å². The molecule has 0 aliphatic carbocycles. The van der Waals surface area contributed by atoms with E-state index >= 15 is 0 Å². The quantitative estimate of drug-likeness (QED) is 0.725. The normalized spacial score (nSPS) is 10.1. The fourth-order valence-electron chi connectivity index (χ4n) is 1.44. The fourth-order valence-corrected chi connectivity index (χ4v) is 2.02. The molecule has 104 valence electrons. The third-order valence-corrected chi connectivity index (χ3v) is 3.13. The average Bonchev–Trinajstić information content (AvgIpc) is 2.91. The Labute approximate surface area is 119 Å². The Hall–Kier alpha value is -2.35. The standard InChI is InChI=1S/C12H13N5O2S/c1-8(18)14-9-2-4-10(5-3-9)15-11(19)7-20-12-6-13-17-16-12/h2-6H,7H2,1H3,(H,14,18)(H,15,19)(H,13,16,17). The highest BCUT2D eigenvalue weighted by atomic mass is 32.2. The second-order valence-corrected chi connectivity index (χ2v) is 4.90. The van der Waals surface area contributed by atoms with Crippen LogP contribution in [0.4, 0.5) is 11.4 Å². The lowest BCUT2D eigenvalue weighted by atomic mass is 10.3. The van der Waals surface area contributed by atoms with Crippen LogP contribution < -0.4 is 10.6 Å². The molecule has 1 heterocycles. The summed E-state index contributed by atoms with van der Waals surface area (Å²) in [5, 5.41) is 16.0. The minimum absolute atomic E-state index is 0.134. The Morgan fingerprint density at radius 3 is 2.40 bits per heavy atom. The monoisotopic (exact) mass is 291 g/mol. The summed E-state index contributed by atoms with van der Waals surface area (Å²) >= 11 is 1.29. The fraction of sp³-hybridized carbons (Fsp3) is 0.167. The van der Waals surface area contributed by atoms with Gasteiger partial charge in [0.25, 0.3) is 0 Å². The van der Waals surface area contributed by atoms with Crippen LogP contribution >= 0.6 is 11.8 Å². The summed E-state index contributed by atoms with van der Waals surface area (Å²) in [5.74, 6) is -0.0175. The number of thioether (sulfide) groups is 1. The molecular formula is C12H13N5O2S. The van der Waals surface area contributed by atoms with E-state index in [4.69, 9.17) is 0 Å². The van der Waals surface area contributed by atoms with Gasteiger partial charge >= 0.3 is 0 Å². The van der Waals surface area contributed by atoms with Crippen molar-refractivity contribution >= 4 is 35.0 Å². The zero-order valence-electron chi connectivity index (χ0n) is 10.7. The first-order valence-electron chi connectivity index (χ1n) is 5.79. The maximum absolute atomic E-state index is 11.7. The minimum atomic E-state index is -0.134. The molecule has 2 amide bonds. The van der Waals surface area contributed by atoms with Crippen LogP contribution in [0.25, 0.3) is 0 Å². The number of carbonyl (C=O) groups excluding carboxylic acids is 2. The lowest BCUT2D eigenvalue weighted by Crippen LogP contribution is -2.14. The summed E-state index contributed by atoms with van der Waals surface area (Å²) in [5.41, 5.74) is 1.36. The molecule has 8 heteroatoms. The molecule has 0 saturated heterocycles. The molecule has 0 aliphatic heterocycles. The van der Waals surface area contributed by atoms with Gasteiger partial charge in [0.2, 0.25) is 11.8 Å². The first kappa shape index (κ1) is 14.1. The maximum Gasteiger partial charge on any atom is 0.234 e. The number of nitrogens with zero attached hydrogens (tertiary/aromatic N) is 2. The number of rotatable bonds is 5. The van der Waals surface area contributed by atoms with Crippen molar-refractivity contribution in [3.05, 3.63) is 30.5 Å². The van der Waals surface area contributed by atoms with E-state index in [1.165, 1.54) is 18.7 Å². The Balaban J connectivity index is 1.83. The third-order valence-electron chi connectivity index (χ3n) is 2.23. The largest absolute Gasteiger partial charge is 0.326 e. The van der Waals surface area contributed by atoms with Crippen LogP contribution in [0.3, 0.4) is 0 Å². The first-order chi connectivity index (χ1) is 9.63. The van der Waals surface area contributed by atoms with Crippen molar-refractivity contribution in [1.82, 2.24) is 15.4 Å². The molecule has 0 bridgehead atoms. The lowest BCUT2D eigenvalue weighted by molar-refractivity contribution is -0.114. The van der Waals surface area contributed by atoms with Crippen molar-refractivity contribution in [3.63, 3.8) is 0 Å². The zero-order valence-corrected chi connectivity index (χ0v) is 11.5. The number of aromatic amines is 1. The van der Waals surface area contributed by atoms with E-state index in [2.05, 4.69) is 26.0 Å². The van der Waals surface area contributed by atoms with Gasteiger partial charge in [-0.1, -0.05) is 11.8 Å². The van der Waals surface area contributed by atoms with Gasteiger partial charge in [-0.15, -0.1) is 5.10 Å². The summed E-state index contributed by atoms with van der Waals surface area (Å²) < 4.78 is 0. The highest BCUT2D eigenvalue weighted by Crippen LogP contribution is 2.16. The van der Waals surface area contributed by atoms with Gasteiger partial charge in [0.1, 0.15) is 5.03 Å². The zero-order chi connectivity index (χ0) is 14.4. The van der Waals surface area contributed by atoms with E-state index in [9.17, 15) is 9.59 Å². The molecule has 2 rings (SSSR count). The number of nitrogens with one attached hydrogen (secondary N) is 3. The van der Waals surface area contributed by atoms with E-state index in [-0.39, 0.29) is 17.6 Å². The van der Waals surface area contributed by atoms with Gasteiger partial charge in [-0.05, 0) is 24.3 Å². The predicted octanol–water partition coefficient (Wildman–Crippen LogP) is 1.49. The van der Waals surface area contributed by atoms with Crippen LogP contribution in [0.2, 0.25) is 0 Å². The lowest BCUT2D eigenvalue weighted by Gasteiger charge is -2.06. The summed E-state index contributed by atoms with van der Waals surface area (Å²) in [6.07, 6.45) is 1.56. The Bertz CT molecular complexity index is 582. The van der Waals surface area contributed by atoms with Crippen molar-refractivity contribution < 1.29 is 9.59 Å². The van der Waals surface area contributed by atoms with Crippen LogP contribution in [0.5, 0.6) is 0 Å². The predicted molar refractivity (Wildman–Crippen MR) is 76.5 cm³/mol. The van der Waals surface area contributed by atoms with Crippen molar-refractivity contribution in [1.29, 1.82) is 0 Å². The molecule has 0 aliphatic rings. The van der Waals surface area contributed by atoms with Crippen molar-refractivity contribution in [2.24, 2.45) is 0 Å². The number of carbonyl (C=O) groups is 2. The van der Waals surface area contributed by atoms with E-state index < -0.39 is 0 Å². The van der Waals surface area contributed by atoms with E-state index in [0.29, 0.717) is 16.4 Å². The Kier molecular flexibility index (Phi) is 4.72. The number of hydrogen-bond donors (Lipinski definition) is 3. The smallest absolute Gasteiger partial charge is 0.234 e. The van der Waals surface area contributed by atoms with Crippen LogP contribution in [-0.2, 0) is 9.59 Å². The van der Waals surface area contributed by atoms with E-state index in [1.807, 2.05) is 0 Å². The first-order valence-corrected chi connectivity index (χ1v) is 6.78. The van der Waals surface area contributed by atoms with Crippen LogP contribution in [0.15, 0.2) is 35.5 Å². The second-order valence-electron chi connectivity index (χ2n) is 3.90. The summed E-state index contributed by atoms with van der Waals surface area (Å²) in [4.78, 5) is 22.6. The van der Waals surface area contributed by atoms with Gasteiger partial charge < -0.3 is 10.6 Å². The molecule has 0 fully saturated rings. The van der Waals surface area contributed by atoms with E-state index in [1.54, 1.807) is 30.5 Å². The molecule has 0 radical (unpaired) electrons. The molecule has 7 nitrogen and oxygen atoms in total. The number of H-pyrrole nitrogens is 1. The molecular weight excluding hydrogens is 278 g/mol. The number of anilines is 2. The summed E-state index contributed by atoms with van der Waals surface area (Å²) in [6, 6.07) is 6.90. The Morgan fingerprint density at radius 2 is 1.85 bits per heavy atom. The van der Waals surface area contributed by atoms with Crippen molar-refractivity contribution in [2.75, 3.05) is 16.4 Å². The second kappa shape index (κ2) is 6.71. The SMILES string of the molecule is CC(=O)Nc1ccc(NC(=O)CSc2cn[nH]n2)cc1. The van der Waals surface area contributed by atoms with Gasteiger partial charge in [-0.2, -0.15) is 10.3 Å². The van der Waals surface area contributed by atoms with Gasteiger partial charge in [-0.3, -0.25) is 9.59 Å². The summed E-state index contributed by atoms with van der Waals surface area (Å²) in [7, 11) is 0. The average molecular weight is 291 g/mol. The summed E-state index contributed by atoms with van der Waals surface area (Å²) in [6.45, 7) is 1.44. The molecule has 0 spiro atoms. The number of amides is 2. The molecule has 0 unspecified atom stereocenters. The minimum Gasteiger partial charge on any atom is -0.326 e. The third kappa shape index (κ3) is 4.39. The number of aromatic nitrogens is 3. The molecule has 1 aromatic heterocycles. The highest BCUT2D eigenvalue weighted by molar-refractivity contribution is 7.99.